The number of hydrogen-bond acceptors (Lipinski definition) is 2. The molecule has 0 unspecified atom stereocenters. The SMILES string of the molecule is CCNC(=O)c1cccc(-c2ccccc2)c1C(=O)O. The van der Waals surface area contributed by atoms with Gasteiger partial charge < -0.3 is 10.4 Å². The van der Waals surface area contributed by atoms with Gasteiger partial charge in [-0.3, -0.25) is 4.79 Å². The molecule has 102 valence electrons. The van der Waals surface area contributed by atoms with Gasteiger partial charge in [-0.05, 0) is 24.1 Å². The lowest BCUT2D eigenvalue weighted by molar-refractivity contribution is 0.0692. The molecule has 0 aliphatic rings. The minimum atomic E-state index is -1.11. The molecular formula is C16H15NO3. The number of carboxylic acid groups (broad SMARTS) is 1. The summed E-state index contributed by atoms with van der Waals surface area (Å²) in [5.74, 6) is -1.48. The summed E-state index contributed by atoms with van der Waals surface area (Å²) in [5, 5.41) is 12.1. The lowest BCUT2D eigenvalue weighted by Crippen LogP contribution is -2.25. The zero-order valence-electron chi connectivity index (χ0n) is 11.1. The maximum atomic E-state index is 12.0. The normalized spacial score (nSPS) is 10.1. The van der Waals surface area contributed by atoms with E-state index in [2.05, 4.69) is 5.32 Å². The third-order valence-electron chi connectivity index (χ3n) is 2.95. The van der Waals surface area contributed by atoms with Crippen molar-refractivity contribution in [2.45, 2.75) is 6.92 Å². The largest absolute Gasteiger partial charge is 0.478 e. The number of carbonyl (C=O) groups is 2. The molecule has 4 heteroatoms. The average molecular weight is 269 g/mol. The van der Waals surface area contributed by atoms with Crippen molar-refractivity contribution in [2.75, 3.05) is 6.54 Å². The first-order valence-corrected chi connectivity index (χ1v) is 6.35. The molecule has 0 fully saturated rings. The highest BCUT2D eigenvalue weighted by Crippen LogP contribution is 2.26. The number of aromatic carboxylic acids is 1. The van der Waals surface area contributed by atoms with Crippen LogP contribution in [-0.4, -0.2) is 23.5 Å². The monoisotopic (exact) mass is 269 g/mol. The molecule has 0 aliphatic heterocycles. The maximum absolute atomic E-state index is 12.0. The van der Waals surface area contributed by atoms with Crippen LogP contribution >= 0.6 is 0 Å². The van der Waals surface area contributed by atoms with Gasteiger partial charge in [0.05, 0.1) is 11.1 Å². The van der Waals surface area contributed by atoms with Gasteiger partial charge in [0.1, 0.15) is 0 Å². The smallest absolute Gasteiger partial charge is 0.337 e. The van der Waals surface area contributed by atoms with E-state index in [-0.39, 0.29) is 17.0 Å². The number of benzene rings is 2. The van der Waals surface area contributed by atoms with Crippen molar-refractivity contribution in [1.29, 1.82) is 0 Å². The van der Waals surface area contributed by atoms with E-state index in [1.165, 1.54) is 6.07 Å². The van der Waals surface area contributed by atoms with Crippen molar-refractivity contribution in [3.05, 3.63) is 59.7 Å². The fraction of sp³-hybridized carbons (Fsp3) is 0.125. The summed E-state index contributed by atoms with van der Waals surface area (Å²) in [6.45, 7) is 2.24. The lowest BCUT2D eigenvalue weighted by Gasteiger charge is -2.11. The second kappa shape index (κ2) is 6.02. The topological polar surface area (TPSA) is 66.4 Å². The van der Waals surface area contributed by atoms with E-state index in [0.29, 0.717) is 12.1 Å². The Bertz CT molecular complexity index is 635. The van der Waals surface area contributed by atoms with Crippen LogP contribution in [0.1, 0.15) is 27.6 Å². The molecule has 2 aromatic rings. The molecule has 0 spiro atoms. The van der Waals surface area contributed by atoms with E-state index in [1.54, 1.807) is 19.1 Å². The molecule has 4 nitrogen and oxygen atoms in total. The third kappa shape index (κ3) is 2.69. The van der Waals surface area contributed by atoms with Crippen molar-refractivity contribution < 1.29 is 14.7 Å². The van der Waals surface area contributed by atoms with Crippen molar-refractivity contribution >= 4 is 11.9 Å². The molecule has 0 heterocycles. The highest BCUT2D eigenvalue weighted by atomic mass is 16.4. The van der Waals surface area contributed by atoms with Crippen LogP contribution in [0.15, 0.2) is 48.5 Å². The maximum Gasteiger partial charge on any atom is 0.337 e. The van der Waals surface area contributed by atoms with E-state index < -0.39 is 5.97 Å². The molecule has 0 saturated carbocycles. The molecule has 0 aromatic heterocycles. The van der Waals surface area contributed by atoms with E-state index in [9.17, 15) is 14.7 Å². The van der Waals surface area contributed by atoms with Crippen LogP contribution < -0.4 is 5.32 Å². The zero-order valence-corrected chi connectivity index (χ0v) is 11.1. The van der Waals surface area contributed by atoms with Gasteiger partial charge in [-0.1, -0.05) is 42.5 Å². The predicted molar refractivity (Wildman–Crippen MR) is 76.8 cm³/mol. The standard InChI is InChI=1S/C16H15NO3/c1-2-17-15(18)13-10-6-9-12(14(13)16(19)20)11-7-4-3-5-8-11/h3-10H,2H2,1H3,(H,17,18)(H,19,20). The Kier molecular flexibility index (Phi) is 4.15. The van der Waals surface area contributed by atoms with Crippen LogP contribution in [0.2, 0.25) is 0 Å². The third-order valence-corrected chi connectivity index (χ3v) is 2.95. The average Bonchev–Trinajstić information content (AvgIpc) is 2.47. The summed E-state index contributed by atoms with van der Waals surface area (Å²) in [4.78, 5) is 23.5. The summed E-state index contributed by atoms with van der Waals surface area (Å²) in [6, 6.07) is 14.1. The Labute approximate surface area is 117 Å². The summed E-state index contributed by atoms with van der Waals surface area (Å²) >= 11 is 0. The molecule has 0 atom stereocenters. The Morgan fingerprint density at radius 1 is 1.05 bits per heavy atom. The minimum absolute atomic E-state index is 0.0321. The van der Waals surface area contributed by atoms with Crippen molar-refractivity contribution in [3.8, 4) is 11.1 Å². The zero-order chi connectivity index (χ0) is 14.5. The van der Waals surface area contributed by atoms with Gasteiger partial charge in [-0.2, -0.15) is 0 Å². The number of rotatable bonds is 4. The Hall–Kier alpha value is -2.62. The highest BCUT2D eigenvalue weighted by Gasteiger charge is 2.20. The van der Waals surface area contributed by atoms with Crippen molar-refractivity contribution in [1.82, 2.24) is 5.32 Å². The van der Waals surface area contributed by atoms with Gasteiger partial charge in [0.2, 0.25) is 0 Å². The van der Waals surface area contributed by atoms with Gasteiger partial charge in [0.15, 0.2) is 0 Å². The molecule has 0 aliphatic carbocycles. The molecule has 2 N–H and O–H groups in total. The molecule has 0 radical (unpaired) electrons. The fourth-order valence-electron chi connectivity index (χ4n) is 2.09. The summed E-state index contributed by atoms with van der Waals surface area (Å²) in [6.07, 6.45) is 0. The van der Waals surface area contributed by atoms with E-state index in [4.69, 9.17) is 0 Å². The predicted octanol–water partition coefficient (Wildman–Crippen LogP) is 2.80. The first-order valence-electron chi connectivity index (χ1n) is 6.35. The Morgan fingerprint density at radius 3 is 2.35 bits per heavy atom. The van der Waals surface area contributed by atoms with Crippen LogP contribution in [0.25, 0.3) is 11.1 Å². The van der Waals surface area contributed by atoms with Crippen LogP contribution in [0.3, 0.4) is 0 Å². The molecule has 2 rings (SSSR count). The lowest BCUT2D eigenvalue weighted by atomic mass is 9.95. The van der Waals surface area contributed by atoms with E-state index in [0.717, 1.165) is 5.56 Å². The van der Waals surface area contributed by atoms with Gasteiger partial charge in [0.25, 0.3) is 5.91 Å². The molecule has 0 bridgehead atoms. The first-order chi connectivity index (χ1) is 9.65. The molecule has 1 amide bonds. The second-order valence-corrected chi connectivity index (χ2v) is 4.26. The number of amides is 1. The van der Waals surface area contributed by atoms with E-state index >= 15 is 0 Å². The number of carboxylic acids is 1. The number of hydrogen-bond donors (Lipinski definition) is 2. The summed E-state index contributed by atoms with van der Waals surface area (Å²) in [5.41, 5.74) is 1.53. The quantitative estimate of drug-likeness (QED) is 0.897. The highest BCUT2D eigenvalue weighted by molar-refractivity contribution is 6.08. The molecule has 2 aromatic carbocycles. The van der Waals surface area contributed by atoms with E-state index in [1.807, 2.05) is 30.3 Å². The summed E-state index contributed by atoms with van der Waals surface area (Å²) in [7, 11) is 0. The molecule has 20 heavy (non-hydrogen) atoms. The van der Waals surface area contributed by atoms with Crippen LogP contribution in [0, 0.1) is 0 Å². The van der Waals surface area contributed by atoms with Gasteiger partial charge in [-0.15, -0.1) is 0 Å². The first kappa shape index (κ1) is 13.8. The van der Waals surface area contributed by atoms with Crippen molar-refractivity contribution in [3.63, 3.8) is 0 Å². The van der Waals surface area contributed by atoms with Gasteiger partial charge in [-0.25, -0.2) is 4.79 Å². The Morgan fingerprint density at radius 2 is 1.75 bits per heavy atom. The van der Waals surface area contributed by atoms with Gasteiger partial charge >= 0.3 is 5.97 Å². The van der Waals surface area contributed by atoms with Crippen LogP contribution in [0.5, 0.6) is 0 Å². The minimum Gasteiger partial charge on any atom is -0.478 e. The summed E-state index contributed by atoms with van der Waals surface area (Å²) < 4.78 is 0. The fourth-order valence-corrected chi connectivity index (χ4v) is 2.09. The van der Waals surface area contributed by atoms with Crippen LogP contribution in [-0.2, 0) is 0 Å². The Balaban J connectivity index is 2.62. The second-order valence-electron chi connectivity index (χ2n) is 4.26. The van der Waals surface area contributed by atoms with Gasteiger partial charge in [0, 0.05) is 6.54 Å². The van der Waals surface area contributed by atoms with Crippen molar-refractivity contribution in [2.24, 2.45) is 0 Å². The molecular weight excluding hydrogens is 254 g/mol. The number of carbonyl (C=O) groups excluding carboxylic acids is 1. The number of nitrogens with one attached hydrogen (secondary N) is 1. The molecule has 0 saturated heterocycles. The van der Waals surface area contributed by atoms with Crippen LogP contribution in [0.4, 0.5) is 0 Å².